The number of rotatable bonds is 24. The number of amides is 1. The molecule has 0 aliphatic heterocycles. The standard InChI is InChI=1S/3C6H14N4O2.C6H14N2O2.C5H10N2O3/c3*7-4(5(11)12)2-1-3-10-6(8)9;7-4-2-1-3-5(8)6(9)10;6-3(5(9)10)1-2-4(7)8/h3*4H,1-3,7H2,(H,11,12)(H4,8,9,10);5H,1-4,7-8H2,(H,9,10);3H,1-2,6H2,(H2,7,8)(H,9,10)/t3*4-;5-;3-/m00000/s1. The molecule has 0 saturated heterocycles. The lowest BCUT2D eigenvalue weighted by molar-refractivity contribution is -0.139. The third-order valence-electron chi connectivity index (χ3n) is 6.28. The number of hydrogen-bond acceptors (Lipinski definition) is 15. The second-order valence-electron chi connectivity index (χ2n) is 11.5. The van der Waals surface area contributed by atoms with Gasteiger partial charge in [-0.1, -0.05) is 6.42 Å². The van der Waals surface area contributed by atoms with Gasteiger partial charge < -0.3 is 98.8 Å². The molecular weight excluding hydrogens is 748 g/mol. The maximum atomic E-state index is 10.2. The van der Waals surface area contributed by atoms with Crippen molar-refractivity contribution < 1.29 is 54.3 Å². The summed E-state index contributed by atoms with van der Waals surface area (Å²) < 4.78 is 0. The van der Waals surface area contributed by atoms with Crippen molar-refractivity contribution in [3.63, 3.8) is 0 Å². The molecule has 0 aromatic heterocycles. The fourth-order valence-electron chi connectivity index (χ4n) is 3.06. The molecule has 5 atom stereocenters. The molecule has 27 heteroatoms. The van der Waals surface area contributed by atoms with Crippen molar-refractivity contribution in [3.8, 4) is 0 Å². The van der Waals surface area contributed by atoms with Crippen LogP contribution in [0.1, 0.15) is 70.6 Å². The van der Waals surface area contributed by atoms with Crippen molar-refractivity contribution in [3.05, 3.63) is 0 Å². The summed E-state index contributed by atoms with van der Waals surface area (Å²) in [4.78, 5) is 60.9. The maximum Gasteiger partial charge on any atom is 0.320 e. The van der Waals surface area contributed by atoms with Crippen LogP contribution in [-0.4, -0.2) is 136 Å². The van der Waals surface area contributed by atoms with Crippen LogP contribution in [0.2, 0.25) is 0 Å². The second-order valence-corrected chi connectivity index (χ2v) is 11.5. The largest absolute Gasteiger partial charge is 0.480 e. The van der Waals surface area contributed by atoms with E-state index in [0.717, 1.165) is 12.8 Å². The first-order valence-electron chi connectivity index (χ1n) is 17.0. The Morgan fingerprint density at radius 2 is 0.661 bits per heavy atom. The number of carbonyl (C=O) groups is 6. The van der Waals surface area contributed by atoms with Crippen molar-refractivity contribution in [2.45, 2.75) is 101 Å². The Morgan fingerprint density at radius 3 is 0.857 bits per heavy atom. The first-order valence-corrected chi connectivity index (χ1v) is 17.0. The number of nitrogens with one attached hydrogen (secondary N) is 6. The van der Waals surface area contributed by atoms with Crippen LogP contribution < -0.4 is 73.3 Å². The SMILES string of the molecule is N=C(N)NCCC[C@H](N)C(=O)O.N=C(N)NCCC[C@H](N)C(=O)O.N=C(N)NCCC[C@H](N)C(=O)O.NC(=O)CC[C@H](N)C(=O)O.NCCCC[C@H](N)C(=O)O. The minimum Gasteiger partial charge on any atom is -0.480 e. The van der Waals surface area contributed by atoms with E-state index in [-0.39, 0.29) is 30.7 Å². The molecule has 56 heavy (non-hydrogen) atoms. The van der Waals surface area contributed by atoms with Crippen LogP contribution in [0.5, 0.6) is 0 Å². The number of carboxylic acids is 5. The van der Waals surface area contributed by atoms with Crippen LogP contribution in [0.25, 0.3) is 0 Å². The molecule has 328 valence electrons. The van der Waals surface area contributed by atoms with Crippen LogP contribution in [0.4, 0.5) is 0 Å². The molecule has 0 unspecified atom stereocenters. The molecule has 0 rings (SSSR count). The summed E-state index contributed by atoms with van der Waals surface area (Å²) in [6, 6.07) is -4.16. The summed E-state index contributed by atoms with van der Waals surface area (Å²) in [5, 5.41) is 69.7. The lowest BCUT2D eigenvalue weighted by Crippen LogP contribution is -2.34. The minimum absolute atomic E-state index is 0.0213. The Labute approximate surface area is 324 Å². The summed E-state index contributed by atoms with van der Waals surface area (Å²) in [6.45, 7) is 2.05. The van der Waals surface area contributed by atoms with Crippen molar-refractivity contribution in [1.82, 2.24) is 16.0 Å². The zero-order valence-corrected chi connectivity index (χ0v) is 31.5. The van der Waals surface area contributed by atoms with Crippen molar-refractivity contribution >= 4 is 53.6 Å². The summed E-state index contributed by atoms with van der Waals surface area (Å²) in [5.41, 5.74) is 50.9. The Hall–Kier alpha value is -5.61. The van der Waals surface area contributed by atoms with Crippen molar-refractivity contribution in [1.29, 1.82) is 16.2 Å². The van der Waals surface area contributed by atoms with Gasteiger partial charge in [0, 0.05) is 26.1 Å². The van der Waals surface area contributed by atoms with Gasteiger partial charge in [-0.25, -0.2) is 0 Å². The van der Waals surface area contributed by atoms with E-state index in [1.54, 1.807) is 0 Å². The number of nitrogens with two attached hydrogens (primary N) is 10. The molecule has 0 aliphatic rings. The van der Waals surface area contributed by atoms with Crippen molar-refractivity contribution in [2.75, 3.05) is 26.2 Å². The van der Waals surface area contributed by atoms with Gasteiger partial charge in [-0.2, -0.15) is 0 Å². The number of carbonyl (C=O) groups excluding carboxylic acids is 1. The zero-order valence-electron chi connectivity index (χ0n) is 31.5. The third kappa shape index (κ3) is 52.7. The van der Waals surface area contributed by atoms with E-state index in [1.165, 1.54) is 0 Å². The minimum atomic E-state index is -1.11. The number of primary amides is 1. The molecule has 0 aromatic carbocycles. The van der Waals surface area contributed by atoms with Crippen LogP contribution in [-0.2, 0) is 28.8 Å². The summed E-state index contributed by atoms with van der Waals surface area (Å²) >= 11 is 0. The fraction of sp³-hybridized carbons (Fsp3) is 0.690. The zero-order chi connectivity index (χ0) is 44.8. The third-order valence-corrected chi connectivity index (χ3v) is 6.28. The van der Waals surface area contributed by atoms with Crippen molar-refractivity contribution in [2.24, 2.45) is 57.3 Å². The van der Waals surface area contributed by atoms with E-state index in [1.807, 2.05) is 0 Å². The van der Waals surface area contributed by atoms with E-state index < -0.39 is 66.0 Å². The molecule has 0 bridgehead atoms. The molecule has 0 spiro atoms. The Morgan fingerprint density at radius 1 is 0.429 bits per heavy atom. The van der Waals surface area contributed by atoms with E-state index in [4.69, 9.17) is 99.1 Å². The molecule has 0 aromatic rings. The summed E-state index contributed by atoms with van der Waals surface area (Å²) in [7, 11) is 0. The average molecular weight is 815 g/mol. The highest BCUT2D eigenvalue weighted by Gasteiger charge is 2.13. The number of hydrogen-bond donors (Lipinski definition) is 21. The van der Waals surface area contributed by atoms with Gasteiger partial charge in [0.25, 0.3) is 0 Å². The van der Waals surface area contributed by atoms with E-state index >= 15 is 0 Å². The number of guanidine groups is 3. The Bertz CT molecular complexity index is 1080. The van der Waals surface area contributed by atoms with Gasteiger partial charge >= 0.3 is 29.8 Å². The summed E-state index contributed by atoms with van der Waals surface area (Å²) in [5.74, 6) is -5.92. The smallest absolute Gasteiger partial charge is 0.320 e. The monoisotopic (exact) mass is 815 g/mol. The van der Waals surface area contributed by atoms with Crippen LogP contribution in [0.15, 0.2) is 0 Å². The lowest BCUT2D eigenvalue weighted by atomic mass is 10.1. The molecule has 0 heterocycles. The second kappa shape index (κ2) is 39.1. The first kappa shape index (κ1) is 59.7. The van der Waals surface area contributed by atoms with Gasteiger partial charge in [0.05, 0.1) is 0 Å². The molecule has 27 nitrogen and oxygen atoms in total. The number of unbranched alkanes of at least 4 members (excludes halogenated alkanes) is 1. The Balaban J connectivity index is -0.000000194. The van der Waals surface area contributed by atoms with Gasteiger partial charge in [0.1, 0.15) is 30.2 Å². The van der Waals surface area contributed by atoms with Gasteiger partial charge in [-0.15, -0.1) is 0 Å². The normalized spacial score (nSPS) is 12.3. The topological polar surface area (TPSA) is 571 Å². The van der Waals surface area contributed by atoms with Gasteiger partial charge in [0.2, 0.25) is 5.91 Å². The summed E-state index contributed by atoms with van der Waals surface area (Å²) in [6.07, 6.45) is 5.21. The van der Waals surface area contributed by atoms with E-state index in [9.17, 15) is 28.8 Å². The molecule has 0 saturated carbocycles. The van der Waals surface area contributed by atoms with Gasteiger partial charge in [-0.05, 0) is 64.3 Å². The Kier molecular flexibility index (Phi) is 41.7. The number of carboxylic acid groups (broad SMARTS) is 5. The predicted octanol–water partition coefficient (Wildman–Crippen LogP) is -5.82. The van der Waals surface area contributed by atoms with Gasteiger partial charge in [-0.3, -0.25) is 45.0 Å². The quantitative estimate of drug-likeness (QED) is 0.0245. The molecule has 31 N–H and O–H groups in total. The fourth-order valence-corrected chi connectivity index (χ4v) is 3.06. The lowest BCUT2D eigenvalue weighted by Gasteiger charge is -2.06. The van der Waals surface area contributed by atoms with E-state index in [0.29, 0.717) is 71.1 Å². The van der Waals surface area contributed by atoms with Crippen LogP contribution in [0.3, 0.4) is 0 Å². The predicted molar refractivity (Wildman–Crippen MR) is 207 cm³/mol. The highest BCUT2D eigenvalue weighted by molar-refractivity contribution is 5.77. The molecule has 0 aliphatic carbocycles. The number of aliphatic carboxylic acids is 5. The van der Waals surface area contributed by atoms with Crippen LogP contribution in [0, 0.1) is 16.2 Å². The molecule has 1 amide bonds. The highest BCUT2D eigenvalue weighted by Crippen LogP contribution is 1.97. The highest BCUT2D eigenvalue weighted by atomic mass is 16.4. The molecule has 0 fully saturated rings. The first-order chi connectivity index (χ1) is 25.8. The average Bonchev–Trinajstić information content (AvgIpc) is 3.09. The van der Waals surface area contributed by atoms with Gasteiger partial charge in [0.15, 0.2) is 17.9 Å². The molecule has 0 radical (unpaired) electrons. The van der Waals surface area contributed by atoms with Crippen LogP contribution >= 0.6 is 0 Å². The van der Waals surface area contributed by atoms with E-state index in [2.05, 4.69) is 16.0 Å². The maximum absolute atomic E-state index is 10.2. The molecular formula is C29H66N16O11.